The molecule has 0 fully saturated rings. The smallest absolute Gasteiger partial charge is 0.191 e. The van der Waals surface area contributed by atoms with Gasteiger partial charge in [0.25, 0.3) is 0 Å². The lowest BCUT2D eigenvalue weighted by Gasteiger charge is -2.16. The Bertz CT molecular complexity index is 598. The van der Waals surface area contributed by atoms with Gasteiger partial charge in [-0.05, 0) is 18.4 Å². The van der Waals surface area contributed by atoms with E-state index in [9.17, 15) is 0 Å². The van der Waals surface area contributed by atoms with Crippen LogP contribution in [-0.2, 0) is 6.42 Å². The van der Waals surface area contributed by atoms with Crippen molar-refractivity contribution in [1.82, 2.24) is 15.6 Å². The monoisotopic (exact) mass is 444 g/mol. The van der Waals surface area contributed by atoms with Crippen LogP contribution in [0.15, 0.2) is 40.7 Å². The molecular formula is C17H25IN4S. The SMILES string of the molecule is CN=C(NCCc1csc(C)n1)NCC(C)c1ccccc1.I. The van der Waals surface area contributed by atoms with Crippen molar-refractivity contribution in [3.63, 3.8) is 0 Å². The zero-order chi connectivity index (χ0) is 15.8. The molecule has 6 heteroatoms. The molecular weight excluding hydrogens is 419 g/mol. The maximum atomic E-state index is 4.47. The Labute approximate surface area is 159 Å². The maximum absolute atomic E-state index is 4.47. The minimum Gasteiger partial charge on any atom is -0.356 e. The van der Waals surface area contributed by atoms with Crippen molar-refractivity contribution in [1.29, 1.82) is 0 Å². The van der Waals surface area contributed by atoms with Crippen molar-refractivity contribution < 1.29 is 0 Å². The summed E-state index contributed by atoms with van der Waals surface area (Å²) in [6.07, 6.45) is 0.916. The number of benzene rings is 1. The summed E-state index contributed by atoms with van der Waals surface area (Å²) >= 11 is 1.70. The lowest BCUT2D eigenvalue weighted by atomic mass is 10.0. The molecule has 0 bridgehead atoms. The van der Waals surface area contributed by atoms with E-state index in [0.717, 1.165) is 36.2 Å². The molecule has 23 heavy (non-hydrogen) atoms. The molecule has 1 aromatic heterocycles. The van der Waals surface area contributed by atoms with Crippen LogP contribution in [0, 0.1) is 6.92 Å². The van der Waals surface area contributed by atoms with E-state index in [1.54, 1.807) is 18.4 Å². The Morgan fingerprint density at radius 2 is 2.00 bits per heavy atom. The van der Waals surface area contributed by atoms with Crippen molar-refractivity contribution in [3.8, 4) is 0 Å². The second-order valence-corrected chi connectivity index (χ2v) is 6.36. The number of halogens is 1. The molecule has 0 aliphatic carbocycles. The van der Waals surface area contributed by atoms with Gasteiger partial charge < -0.3 is 10.6 Å². The lowest BCUT2D eigenvalue weighted by Crippen LogP contribution is -2.39. The van der Waals surface area contributed by atoms with Crippen molar-refractivity contribution in [2.45, 2.75) is 26.2 Å². The summed E-state index contributed by atoms with van der Waals surface area (Å²) in [5.74, 6) is 1.29. The minimum atomic E-state index is 0. The van der Waals surface area contributed by atoms with E-state index in [4.69, 9.17) is 0 Å². The highest BCUT2D eigenvalue weighted by Crippen LogP contribution is 2.12. The van der Waals surface area contributed by atoms with E-state index in [0.29, 0.717) is 5.92 Å². The van der Waals surface area contributed by atoms with Crippen LogP contribution in [-0.4, -0.2) is 31.1 Å². The van der Waals surface area contributed by atoms with Gasteiger partial charge in [-0.15, -0.1) is 35.3 Å². The summed E-state index contributed by atoms with van der Waals surface area (Å²) < 4.78 is 0. The largest absolute Gasteiger partial charge is 0.356 e. The maximum Gasteiger partial charge on any atom is 0.191 e. The third kappa shape index (κ3) is 6.87. The highest BCUT2D eigenvalue weighted by Gasteiger charge is 2.06. The fourth-order valence-corrected chi connectivity index (χ4v) is 2.85. The quantitative estimate of drug-likeness (QED) is 0.407. The van der Waals surface area contributed by atoms with Gasteiger partial charge in [0.1, 0.15) is 0 Å². The number of aryl methyl sites for hydroxylation is 1. The Hall–Kier alpha value is -1.15. The number of aliphatic imine (C=N–C) groups is 1. The molecule has 2 aromatic rings. The van der Waals surface area contributed by atoms with Gasteiger partial charge in [0.05, 0.1) is 10.7 Å². The Balaban J connectivity index is 0.00000264. The molecule has 2 rings (SSSR count). The molecule has 0 spiro atoms. The third-order valence-corrected chi connectivity index (χ3v) is 4.33. The van der Waals surface area contributed by atoms with Crippen LogP contribution in [0.4, 0.5) is 0 Å². The van der Waals surface area contributed by atoms with E-state index in [1.165, 1.54) is 5.56 Å². The molecule has 0 aliphatic heterocycles. The molecule has 126 valence electrons. The summed E-state index contributed by atoms with van der Waals surface area (Å²) in [4.78, 5) is 8.73. The summed E-state index contributed by atoms with van der Waals surface area (Å²) in [7, 11) is 1.80. The average Bonchev–Trinajstić information content (AvgIpc) is 2.96. The van der Waals surface area contributed by atoms with Gasteiger partial charge in [0.2, 0.25) is 0 Å². The highest BCUT2D eigenvalue weighted by atomic mass is 127. The normalized spacial score (nSPS) is 12.4. The number of aromatic nitrogens is 1. The second-order valence-electron chi connectivity index (χ2n) is 5.30. The van der Waals surface area contributed by atoms with Crippen LogP contribution in [0.5, 0.6) is 0 Å². The van der Waals surface area contributed by atoms with E-state index in [-0.39, 0.29) is 24.0 Å². The molecule has 4 nitrogen and oxygen atoms in total. The highest BCUT2D eigenvalue weighted by molar-refractivity contribution is 14.0. The zero-order valence-electron chi connectivity index (χ0n) is 13.9. The Kier molecular flexibility index (Phi) is 9.16. The van der Waals surface area contributed by atoms with Gasteiger partial charge in [0, 0.05) is 31.9 Å². The first-order valence-corrected chi connectivity index (χ1v) is 8.47. The average molecular weight is 444 g/mol. The molecule has 1 unspecified atom stereocenters. The zero-order valence-corrected chi connectivity index (χ0v) is 17.0. The first kappa shape index (κ1) is 19.9. The predicted octanol–water partition coefficient (Wildman–Crippen LogP) is 3.58. The van der Waals surface area contributed by atoms with E-state index in [1.807, 2.05) is 13.0 Å². The van der Waals surface area contributed by atoms with Gasteiger partial charge in [-0.3, -0.25) is 4.99 Å². The Morgan fingerprint density at radius 1 is 1.26 bits per heavy atom. The number of rotatable bonds is 6. The van der Waals surface area contributed by atoms with Gasteiger partial charge in [-0.2, -0.15) is 0 Å². The number of nitrogens with one attached hydrogen (secondary N) is 2. The van der Waals surface area contributed by atoms with Crippen LogP contribution >= 0.6 is 35.3 Å². The fraction of sp³-hybridized carbons (Fsp3) is 0.412. The molecule has 2 N–H and O–H groups in total. The summed E-state index contributed by atoms with van der Waals surface area (Å²) in [5.41, 5.74) is 2.48. The molecule has 0 saturated carbocycles. The van der Waals surface area contributed by atoms with Gasteiger partial charge in [-0.1, -0.05) is 37.3 Å². The topological polar surface area (TPSA) is 49.3 Å². The van der Waals surface area contributed by atoms with E-state index < -0.39 is 0 Å². The van der Waals surface area contributed by atoms with Crippen molar-refractivity contribution in [2.24, 2.45) is 4.99 Å². The summed E-state index contributed by atoms with van der Waals surface area (Å²) in [6.45, 7) is 5.95. The number of hydrogen-bond donors (Lipinski definition) is 2. The third-order valence-electron chi connectivity index (χ3n) is 3.51. The van der Waals surface area contributed by atoms with Gasteiger partial charge in [0.15, 0.2) is 5.96 Å². The first-order valence-electron chi connectivity index (χ1n) is 7.59. The Morgan fingerprint density at radius 3 is 2.61 bits per heavy atom. The fourth-order valence-electron chi connectivity index (χ4n) is 2.20. The molecule has 1 aromatic carbocycles. The molecule has 0 radical (unpaired) electrons. The van der Waals surface area contributed by atoms with Crippen LogP contribution < -0.4 is 10.6 Å². The number of thiazole rings is 1. The standard InChI is InChI=1S/C17H24N4S.HI/c1-13(15-7-5-4-6-8-15)11-20-17(18-3)19-10-9-16-12-22-14(2)21-16;/h4-8,12-13H,9-11H2,1-3H3,(H2,18,19,20);1H. The minimum absolute atomic E-state index is 0. The lowest BCUT2D eigenvalue weighted by molar-refractivity contribution is 0.697. The summed E-state index contributed by atoms with van der Waals surface area (Å²) in [5, 5.41) is 9.95. The van der Waals surface area contributed by atoms with Gasteiger partial charge in [-0.25, -0.2) is 4.98 Å². The van der Waals surface area contributed by atoms with Crippen molar-refractivity contribution in [2.75, 3.05) is 20.1 Å². The van der Waals surface area contributed by atoms with Crippen LogP contribution in [0.2, 0.25) is 0 Å². The molecule has 0 amide bonds. The van der Waals surface area contributed by atoms with Crippen LogP contribution in [0.3, 0.4) is 0 Å². The van der Waals surface area contributed by atoms with E-state index >= 15 is 0 Å². The number of hydrogen-bond acceptors (Lipinski definition) is 3. The number of nitrogens with zero attached hydrogens (tertiary/aromatic N) is 2. The van der Waals surface area contributed by atoms with Crippen molar-refractivity contribution >= 4 is 41.3 Å². The molecule has 0 aliphatic rings. The van der Waals surface area contributed by atoms with Crippen LogP contribution in [0.25, 0.3) is 0 Å². The van der Waals surface area contributed by atoms with Crippen molar-refractivity contribution in [3.05, 3.63) is 52.0 Å². The summed E-state index contributed by atoms with van der Waals surface area (Å²) in [6, 6.07) is 10.5. The van der Waals surface area contributed by atoms with Crippen LogP contribution in [0.1, 0.15) is 29.1 Å². The molecule has 1 atom stereocenters. The number of guanidine groups is 1. The molecule has 1 heterocycles. The first-order chi connectivity index (χ1) is 10.7. The van der Waals surface area contributed by atoms with E-state index in [2.05, 4.69) is 57.2 Å². The molecule has 0 saturated heterocycles. The second kappa shape index (κ2) is 10.6. The van der Waals surface area contributed by atoms with Gasteiger partial charge >= 0.3 is 0 Å². The predicted molar refractivity (Wildman–Crippen MR) is 110 cm³/mol.